The number of alkyl carbamates (subject to hydrolysis) is 1. The third kappa shape index (κ3) is 6.93. The Balaban J connectivity index is 2.93. The number of rotatable bonds is 7. The predicted octanol–water partition coefficient (Wildman–Crippen LogP) is 3.02. The highest BCUT2D eigenvalue weighted by molar-refractivity contribution is 6.67. The second-order valence-electron chi connectivity index (χ2n) is 4.93. The average Bonchev–Trinajstić information content (AvgIpc) is 2.57. The highest BCUT2D eigenvalue weighted by Gasteiger charge is 2.27. The van der Waals surface area contributed by atoms with E-state index < -0.39 is 34.3 Å². The Bertz CT molecular complexity index is 653. The molecule has 1 atom stereocenters. The van der Waals surface area contributed by atoms with E-state index in [4.69, 9.17) is 49.0 Å². The van der Waals surface area contributed by atoms with Crippen LogP contribution in [0.4, 0.5) is 9.18 Å². The first-order valence-electron chi connectivity index (χ1n) is 7.09. The van der Waals surface area contributed by atoms with Crippen LogP contribution in [0, 0.1) is 5.82 Å². The molecule has 1 rings (SSSR count). The molecule has 0 saturated heterocycles. The van der Waals surface area contributed by atoms with Crippen LogP contribution in [-0.2, 0) is 20.7 Å². The summed E-state index contributed by atoms with van der Waals surface area (Å²) in [5.41, 5.74) is 0.345. The minimum atomic E-state index is -1.80. The summed E-state index contributed by atoms with van der Waals surface area (Å²) in [5, 5.41) is 2.27. The molecule has 0 spiro atoms. The van der Waals surface area contributed by atoms with Crippen molar-refractivity contribution < 1.29 is 32.9 Å². The molecule has 1 aromatic carbocycles. The normalized spacial score (nSPS) is 12.1. The zero-order valence-corrected chi connectivity index (χ0v) is 16.4. The Morgan fingerprint density at radius 2 is 1.85 bits per heavy atom. The lowest BCUT2D eigenvalue weighted by atomic mass is 10.0. The number of amides is 1. The van der Waals surface area contributed by atoms with Crippen LogP contribution >= 0.6 is 34.8 Å². The third-order valence-electron chi connectivity index (χ3n) is 3.08. The van der Waals surface area contributed by atoms with Gasteiger partial charge in [-0.2, -0.15) is 0 Å². The molecule has 0 aliphatic heterocycles. The van der Waals surface area contributed by atoms with Gasteiger partial charge in [-0.25, -0.2) is 14.0 Å². The maximum atomic E-state index is 14.1. The molecule has 146 valence electrons. The van der Waals surface area contributed by atoms with Gasteiger partial charge < -0.3 is 24.3 Å². The fourth-order valence-electron chi connectivity index (χ4n) is 1.99. The maximum absolute atomic E-state index is 14.1. The Kier molecular flexibility index (Phi) is 8.52. The Labute approximate surface area is 164 Å². The van der Waals surface area contributed by atoms with Crippen molar-refractivity contribution in [3.63, 3.8) is 0 Å². The maximum Gasteiger partial charge on any atom is 0.408 e. The molecule has 0 unspecified atom stereocenters. The van der Waals surface area contributed by atoms with Gasteiger partial charge in [0.1, 0.15) is 12.6 Å². The molecule has 1 amide bonds. The van der Waals surface area contributed by atoms with E-state index in [-0.39, 0.29) is 17.9 Å². The fraction of sp³-hybridized carbons (Fsp3) is 0.467. The Hall–Kier alpha value is -1.64. The number of alkyl halides is 3. The zero-order valence-electron chi connectivity index (χ0n) is 14.1. The molecule has 11 heteroatoms. The van der Waals surface area contributed by atoms with Crippen LogP contribution < -0.4 is 14.8 Å². The lowest BCUT2D eigenvalue weighted by Crippen LogP contribution is -2.44. The molecular formula is C15H17Cl3FNO6. The van der Waals surface area contributed by atoms with Crippen molar-refractivity contribution in [1.29, 1.82) is 0 Å². The van der Waals surface area contributed by atoms with Crippen LogP contribution in [0.3, 0.4) is 0 Å². The number of methoxy groups -OCH3 is 3. The smallest absolute Gasteiger partial charge is 0.408 e. The van der Waals surface area contributed by atoms with Crippen molar-refractivity contribution in [2.24, 2.45) is 0 Å². The largest absolute Gasteiger partial charge is 0.493 e. The van der Waals surface area contributed by atoms with Crippen LogP contribution in [0.1, 0.15) is 5.56 Å². The van der Waals surface area contributed by atoms with Crippen molar-refractivity contribution in [1.82, 2.24) is 5.32 Å². The topological polar surface area (TPSA) is 83.1 Å². The SMILES string of the molecule is COC(=O)[C@H](Cc1cc(F)c(OC)c(OC)c1)NC(=O)OCC(Cl)(Cl)Cl. The van der Waals surface area contributed by atoms with Gasteiger partial charge in [0.2, 0.25) is 3.79 Å². The highest BCUT2D eigenvalue weighted by Crippen LogP contribution is 2.31. The number of esters is 1. The summed E-state index contributed by atoms with van der Waals surface area (Å²) in [6.45, 7) is -0.525. The minimum absolute atomic E-state index is 0.0825. The Morgan fingerprint density at radius 3 is 2.35 bits per heavy atom. The molecule has 1 N–H and O–H groups in total. The summed E-state index contributed by atoms with van der Waals surface area (Å²) in [7, 11) is 3.77. The lowest BCUT2D eigenvalue weighted by molar-refractivity contribution is -0.142. The molecule has 26 heavy (non-hydrogen) atoms. The van der Waals surface area contributed by atoms with E-state index in [1.165, 1.54) is 20.3 Å². The standard InChI is InChI=1S/C15H17Cl3FNO6/c1-23-11-6-8(4-9(19)12(11)24-2)5-10(13(21)25-3)20-14(22)26-7-15(16,17)18/h4,6,10H,5,7H2,1-3H3,(H,20,22)/t10-/m0/s1. The van der Waals surface area contributed by atoms with Crippen LogP contribution in [0.15, 0.2) is 12.1 Å². The molecule has 1 aromatic rings. The molecule has 0 aliphatic carbocycles. The number of hydrogen-bond acceptors (Lipinski definition) is 6. The zero-order chi connectivity index (χ0) is 19.9. The monoisotopic (exact) mass is 431 g/mol. The van der Waals surface area contributed by atoms with E-state index in [9.17, 15) is 14.0 Å². The van der Waals surface area contributed by atoms with Crippen molar-refractivity contribution in [2.75, 3.05) is 27.9 Å². The van der Waals surface area contributed by atoms with Crippen LogP contribution in [-0.4, -0.2) is 49.8 Å². The van der Waals surface area contributed by atoms with E-state index in [0.29, 0.717) is 5.56 Å². The molecule has 0 aliphatic rings. The van der Waals surface area contributed by atoms with Crippen LogP contribution in [0.5, 0.6) is 11.5 Å². The van der Waals surface area contributed by atoms with E-state index in [0.717, 1.165) is 13.2 Å². The van der Waals surface area contributed by atoms with Crippen LogP contribution in [0.25, 0.3) is 0 Å². The molecule has 0 heterocycles. The van der Waals surface area contributed by atoms with Gasteiger partial charge in [-0.05, 0) is 17.7 Å². The number of hydrogen-bond donors (Lipinski definition) is 1. The van der Waals surface area contributed by atoms with E-state index >= 15 is 0 Å². The van der Waals surface area contributed by atoms with Gasteiger partial charge in [0.15, 0.2) is 17.3 Å². The number of halogens is 4. The second-order valence-corrected chi connectivity index (χ2v) is 7.44. The quantitative estimate of drug-likeness (QED) is 0.527. The lowest BCUT2D eigenvalue weighted by Gasteiger charge is -2.18. The molecule has 0 radical (unpaired) electrons. The molecule has 7 nitrogen and oxygen atoms in total. The van der Waals surface area contributed by atoms with Crippen molar-refractivity contribution in [3.8, 4) is 11.5 Å². The molecule has 0 bridgehead atoms. The van der Waals surface area contributed by atoms with Crippen LogP contribution in [0.2, 0.25) is 0 Å². The first kappa shape index (κ1) is 22.4. The molecule has 0 fully saturated rings. The number of ether oxygens (including phenoxy) is 4. The van der Waals surface area contributed by atoms with Crippen molar-refractivity contribution in [2.45, 2.75) is 16.3 Å². The fourth-order valence-corrected chi connectivity index (χ4v) is 2.16. The third-order valence-corrected chi connectivity index (χ3v) is 3.41. The van der Waals surface area contributed by atoms with Crippen molar-refractivity contribution in [3.05, 3.63) is 23.5 Å². The number of carbonyl (C=O) groups is 2. The summed E-state index contributed by atoms with van der Waals surface area (Å²) >= 11 is 16.4. The summed E-state index contributed by atoms with van der Waals surface area (Å²) in [6.07, 6.45) is -1.11. The Morgan fingerprint density at radius 1 is 1.19 bits per heavy atom. The van der Waals surface area contributed by atoms with E-state index in [1.807, 2.05) is 0 Å². The van der Waals surface area contributed by atoms with Gasteiger partial charge in [-0.3, -0.25) is 0 Å². The summed E-state index contributed by atoms with van der Waals surface area (Å²) < 4.78 is 31.5. The summed E-state index contributed by atoms with van der Waals surface area (Å²) in [5.74, 6) is -1.42. The first-order chi connectivity index (χ1) is 12.1. The summed E-state index contributed by atoms with van der Waals surface area (Å²) in [6, 6.07) is 1.44. The average molecular weight is 433 g/mol. The molecular weight excluding hydrogens is 416 g/mol. The minimum Gasteiger partial charge on any atom is -0.493 e. The van der Waals surface area contributed by atoms with Gasteiger partial charge in [-0.15, -0.1) is 0 Å². The first-order valence-corrected chi connectivity index (χ1v) is 8.23. The van der Waals surface area contributed by atoms with E-state index in [2.05, 4.69) is 10.1 Å². The number of nitrogens with one attached hydrogen (secondary N) is 1. The number of benzene rings is 1. The van der Waals surface area contributed by atoms with Gasteiger partial charge in [0, 0.05) is 6.42 Å². The van der Waals surface area contributed by atoms with Gasteiger partial charge in [0.05, 0.1) is 21.3 Å². The van der Waals surface area contributed by atoms with Gasteiger partial charge in [0.25, 0.3) is 0 Å². The summed E-state index contributed by atoms with van der Waals surface area (Å²) in [4.78, 5) is 23.7. The van der Waals surface area contributed by atoms with Crippen molar-refractivity contribution >= 4 is 46.9 Å². The predicted molar refractivity (Wildman–Crippen MR) is 93.8 cm³/mol. The van der Waals surface area contributed by atoms with Gasteiger partial charge in [-0.1, -0.05) is 34.8 Å². The number of carbonyl (C=O) groups excluding carboxylic acids is 2. The molecule has 0 saturated carbocycles. The second kappa shape index (κ2) is 9.89. The van der Waals surface area contributed by atoms with Gasteiger partial charge >= 0.3 is 12.1 Å². The highest BCUT2D eigenvalue weighted by atomic mass is 35.6. The molecule has 0 aromatic heterocycles. The van der Waals surface area contributed by atoms with E-state index in [1.54, 1.807) is 0 Å².